The maximum atomic E-state index is 13.1. The van der Waals surface area contributed by atoms with Gasteiger partial charge in [0.1, 0.15) is 5.82 Å². The fraction of sp³-hybridized carbons (Fsp3) is 0.105. The number of nitrogens with zero attached hydrogens (tertiary/aromatic N) is 2. The highest BCUT2D eigenvalue weighted by atomic mass is 35.5. The first kappa shape index (κ1) is 15.5. The molecular formula is C19H14ClFN2S. The van der Waals surface area contributed by atoms with Crippen LogP contribution in [0.5, 0.6) is 0 Å². The van der Waals surface area contributed by atoms with Gasteiger partial charge in [0.15, 0.2) is 0 Å². The standard InChI is InChI=1S/C19H14ClFN2S/c20-16-3-7-18(8-4-16)23-19-14(11-24-12-15(19)10-22-23)9-13-1-5-17(21)6-2-13/h1-10H,11-12H2/b14-9+. The molecule has 24 heavy (non-hydrogen) atoms. The second-order valence-corrected chi connectivity index (χ2v) is 7.04. The number of fused-ring (bicyclic) bond motifs is 1. The summed E-state index contributed by atoms with van der Waals surface area (Å²) in [5.74, 6) is 1.63. The molecule has 0 aliphatic carbocycles. The molecule has 0 N–H and O–H groups in total. The number of rotatable bonds is 2. The largest absolute Gasteiger partial charge is 0.233 e. The van der Waals surface area contributed by atoms with Gasteiger partial charge < -0.3 is 0 Å². The van der Waals surface area contributed by atoms with E-state index in [9.17, 15) is 4.39 Å². The van der Waals surface area contributed by atoms with Gasteiger partial charge in [0.05, 0.1) is 17.6 Å². The lowest BCUT2D eigenvalue weighted by atomic mass is 10.1. The molecule has 2 heterocycles. The molecule has 0 atom stereocenters. The van der Waals surface area contributed by atoms with Crippen molar-refractivity contribution in [3.8, 4) is 5.69 Å². The summed E-state index contributed by atoms with van der Waals surface area (Å²) < 4.78 is 15.1. The van der Waals surface area contributed by atoms with E-state index in [0.717, 1.165) is 28.5 Å². The van der Waals surface area contributed by atoms with E-state index in [1.54, 1.807) is 12.1 Å². The van der Waals surface area contributed by atoms with Crippen LogP contribution in [0.1, 0.15) is 16.8 Å². The average molecular weight is 357 g/mol. The van der Waals surface area contributed by atoms with Gasteiger partial charge in [0.25, 0.3) is 0 Å². The molecule has 0 spiro atoms. The normalized spacial score (nSPS) is 15.5. The Hall–Kier alpha value is -2.04. The van der Waals surface area contributed by atoms with Crippen LogP contribution in [-0.4, -0.2) is 15.5 Å². The predicted octanol–water partition coefficient (Wildman–Crippen LogP) is 5.45. The van der Waals surface area contributed by atoms with E-state index in [0.29, 0.717) is 5.02 Å². The number of halogens is 2. The molecule has 120 valence electrons. The first-order valence-corrected chi connectivity index (χ1v) is 9.11. The van der Waals surface area contributed by atoms with Crippen LogP contribution in [0.2, 0.25) is 5.02 Å². The molecule has 5 heteroatoms. The molecule has 3 aromatic rings. The van der Waals surface area contributed by atoms with Gasteiger partial charge in [-0.2, -0.15) is 16.9 Å². The van der Waals surface area contributed by atoms with Crippen molar-refractivity contribution in [3.63, 3.8) is 0 Å². The zero-order valence-corrected chi connectivity index (χ0v) is 14.3. The molecule has 2 nitrogen and oxygen atoms in total. The molecule has 1 aromatic heterocycles. The molecule has 2 aromatic carbocycles. The van der Waals surface area contributed by atoms with Crippen LogP contribution in [0.4, 0.5) is 4.39 Å². The fourth-order valence-corrected chi connectivity index (χ4v) is 3.92. The highest BCUT2D eigenvalue weighted by Gasteiger charge is 2.21. The maximum absolute atomic E-state index is 13.1. The van der Waals surface area contributed by atoms with E-state index in [4.69, 9.17) is 11.6 Å². The third-order valence-corrected chi connectivity index (χ3v) is 5.23. The van der Waals surface area contributed by atoms with Crippen molar-refractivity contribution in [2.24, 2.45) is 0 Å². The molecule has 0 fully saturated rings. The van der Waals surface area contributed by atoms with Crippen molar-refractivity contribution in [1.82, 2.24) is 9.78 Å². The summed E-state index contributed by atoms with van der Waals surface area (Å²) in [5.41, 5.74) is 5.51. The molecule has 1 aliphatic heterocycles. The average Bonchev–Trinajstić information content (AvgIpc) is 3.03. The lowest BCUT2D eigenvalue weighted by Crippen LogP contribution is -2.07. The van der Waals surface area contributed by atoms with Crippen molar-refractivity contribution in [2.75, 3.05) is 5.75 Å². The van der Waals surface area contributed by atoms with Gasteiger partial charge in [0.2, 0.25) is 0 Å². The number of hydrogen-bond acceptors (Lipinski definition) is 2. The van der Waals surface area contributed by atoms with Crippen molar-refractivity contribution in [1.29, 1.82) is 0 Å². The summed E-state index contributed by atoms with van der Waals surface area (Å²) >= 11 is 7.85. The Bertz CT molecular complexity index is 898. The third-order valence-electron chi connectivity index (χ3n) is 3.95. The quantitative estimate of drug-likeness (QED) is 0.607. The van der Waals surface area contributed by atoms with Gasteiger partial charge in [-0.15, -0.1) is 0 Å². The molecule has 0 saturated carbocycles. The molecular weight excluding hydrogens is 343 g/mol. The van der Waals surface area contributed by atoms with Gasteiger partial charge in [-0.25, -0.2) is 9.07 Å². The molecule has 0 bridgehead atoms. The SMILES string of the molecule is Fc1ccc(/C=C2\CSCc3cnn(-c4ccc(Cl)cc4)c32)cc1. The third kappa shape index (κ3) is 2.99. The van der Waals surface area contributed by atoms with Crippen LogP contribution in [-0.2, 0) is 5.75 Å². The van der Waals surface area contributed by atoms with Crippen molar-refractivity contribution >= 4 is 35.0 Å². The number of benzene rings is 2. The van der Waals surface area contributed by atoms with E-state index in [2.05, 4.69) is 11.2 Å². The van der Waals surface area contributed by atoms with Crippen LogP contribution in [0.25, 0.3) is 17.3 Å². The Balaban J connectivity index is 1.80. The van der Waals surface area contributed by atoms with Crippen LogP contribution >= 0.6 is 23.4 Å². The minimum Gasteiger partial charge on any atom is -0.233 e. The van der Waals surface area contributed by atoms with Crippen molar-refractivity contribution in [2.45, 2.75) is 5.75 Å². The molecule has 1 aliphatic rings. The molecule has 0 radical (unpaired) electrons. The number of hydrogen-bond donors (Lipinski definition) is 0. The van der Waals surface area contributed by atoms with Crippen LogP contribution < -0.4 is 0 Å². The lowest BCUT2D eigenvalue weighted by molar-refractivity contribution is 0.628. The summed E-state index contributed by atoms with van der Waals surface area (Å²) in [6, 6.07) is 14.2. The summed E-state index contributed by atoms with van der Waals surface area (Å²) in [6.07, 6.45) is 4.03. The summed E-state index contributed by atoms with van der Waals surface area (Å²) in [4.78, 5) is 0. The van der Waals surface area contributed by atoms with Crippen LogP contribution in [0, 0.1) is 5.82 Å². The minimum absolute atomic E-state index is 0.220. The summed E-state index contributed by atoms with van der Waals surface area (Å²) in [6.45, 7) is 0. The zero-order chi connectivity index (χ0) is 16.5. The molecule has 0 unspecified atom stereocenters. The Morgan fingerprint density at radius 1 is 1.04 bits per heavy atom. The van der Waals surface area contributed by atoms with Gasteiger partial charge >= 0.3 is 0 Å². The van der Waals surface area contributed by atoms with Gasteiger partial charge in [-0.3, -0.25) is 0 Å². The first-order valence-electron chi connectivity index (χ1n) is 7.58. The fourth-order valence-electron chi connectivity index (χ4n) is 2.82. The Morgan fingerprint density at radius 2 is 1.79 bits per heavy atom. The Kier molecular flexibility index (Phi) is 4.17. The Labute approximate surface area is 149 Å². The van der Waals surface area contributed by atoms with Crippen LogP contribution in [0.3, 0.4) is 0 Å². The van der Waals surface area contributed by atoms with E-state index in [1.807, 2.05) is 46.9 Å². The second-order valence-electron chi connectivity index (χ2n) is 5.62. The van der Waals surface area contributed by atoms with E-state index >= 15 is 0 Å². The zero-order valence-electron chi connectivity index (χ0n) is 12.7. The van der Waals surface area contributed by atoms with E-state index < -0.39 is 0 Å². The molecule has 0 amide bonds. The summed E-state index contributed by atoms with van der Waals surface area (Å²) in [5, 5.41) is 5.27. The molecule has 4 rings (SSSR count). The first-order chi connectivity index (χ1) is 11.7. The van der Waals surface area contributed by atoms with Gasteiger partial charge in [-0.1, -0.05) is 23.7 Å². The smallest absolute Gasteiger partial charge is 0.123 e. The van der Waals surface area contributed by atoms with E-state index in [1.165, 1.54) is 23.3 Å². The topological polar surface area (TPSA) is 17.8 Å². The second kappa shape index (κ2) is 6.46. The van der Waals surface area contributed by atoms with Crippen molar-refractivity contribution in [3.05, 3.63) is 82.4 Å². The lowest BCUT2D eigenvalue weighted by Gasteiger charge is -2.18. The number of thioether (sulfide) groups is 1. The minimum atomic E-state index is -0.220. The maximum Gasteiger partial charge on any atom is 0.123 e. The van der Waals surface area contributed by atoms with E-state index in [-0.39, 0.29) is 5.82 Å². The summed E-state index contributed by atoms with van der Waals surface area (Å²) in [7, 11) is 0. The van der Waals surface area contributed by atoms with Gasteiger partial charge in [0, 0.05) is 22.1 Å². The van der Waals surface area contributed by atoms with Crippen molar-refractivity contribution < 1.29 is 4.39 Å². The Morgan fingerprint density at radius 3 is 2.54 bits per heavy atom. The highest BCUT2D eigenvalue weighted by molar-refractivity contribution is 7.99. The van der Waals surface area contributed by atoms with Gasteiger partial charge in [-0.05, 0) is 53.6 Å². The molecule has 0 saturated heterocycles. The number of aromatic nitrogens is 2. The monoisotopic (exact) mass is 356 g/mol. The predicted molar refractivity (Wildman–Crippen MR) is 99.0 cm³/mol. The van der Waals surface area contributed by atoms with Crippen LogP contribution in [0.15, 0.2) is 54.7 Å². The highest BCUT2D eigenvalue weighted by Crippen LogP contribution is 2.35.